The number of H-pyrrole nitrogens is 1. The normalized spacial score (nSPS) is 10.7. The van der Waals surface area contributed by atoms with Crippen LogP contribution in [0.3, 0.4) is 0 Å². The molecule has 2 rings (SSSR count). The van der Waals surface area contributed by atoms with Gasteiger partial charge in [-0.25, -0.2) is 4.39 Å². The number of nitrogens with one attached hydrogen (secondary N) is 1. The van der Waals surface area contributed by atoms with E-state index in [1.54, 1.807) is 4.57 Å². The van der Waals surface area contributed by atoms with Gasteiger partial charge >= 0.3 is 0 Å². The summed E-state index contributed by atoms with van der Waals surface area (Å²) in [5.41, 5.74) is 0.511. The Hall–Kier alpha value is -1.20. The number of hydrogen-bond acceptors (Lipinski definition) is 2. The smallest absolute Gasteiger partial charge is 0.199 e. The molecule has 0 aliphatic carbocycles. The van der Waals surface area contributed by atoms with Gasteiger partial charge in [0.25, 0.3) is 0 Å². The van der Waals surface area contributed by atoms with Crippen molar-refractivity contribution in [1.29, 1.82) is 0 Å². The van der Waals surface area contributed by atoms with Crippen molar-refractivity contribution in [3.05, 3.63) is 39.6 Å². The van der Waals surface area contributed by atoms with E-state index < -0.39 is 0 Å². The highest BCUT2D eigenvalue weighted by Gasteiger charge is 2.10. The lowest BCUT2D eigenvalue weighted by Gasteiger charge is -2.07. The minimum atomic E-state index is -0.357. The number of rotatable bonds is 2. The second kappa shape index (κ2) is 4.35. The number of nitrogens with zero attached hydrogens (tertiary/aromatic N) is 2. The molecular weight excluding hydrogens is 249 g/mol. The zero-order valence-electron chi connectivity index (χ0n) is 8.50. The monoisotopic (exact) mass is 257 g/mol. The minimum absolute atomic E-state index is 0.357. The molecule has 2 aromatic rings. The van der Waals surface area contributed by atoms with Crippen molar-refractivity contribution in [3.63, 3.8) is 0 Å². The van der Waals surface area contributed by atoms with Crippen LogP contribution >= 0.6 is 23.8 Å². The van der Waals surface area contributed by atoms with E-state index in [0.29, 0.717) is 21.9 Å². The van der Waals surface area contributed by atoms with Crippen LogP contribution in [0.4, 0.5) is 4.39 Å². The predicted molar refractivity (Wildman–Crippen MR) is 63.1 cm³/mol. The number of aromatic amines is 1. The Labute approximate surface area is 102 Å². The average Bonchev–Trinajstić information content (AvgIpc) is 2.63. The first kappa shape index (κ1) is 11.3. The average molecular weight is 258 g/mol. The van der Waals surface area contributed by atoms with Gasteiger partial charge in [-0.1, -0.05) is 18.5 Å². The summed E-state index contributed by atoms with van der Waals surface area (Å²) in [6.45, 7) is 1.94. The molecule has 0 unspecified atom stereocenters. The lowest BCUT2D eigenvalue weighted by Crippen LogP contribution is -2.01. The number of aromatic nitrogens is 3. The summed E-state index contributed by atoms with van der Waals surface area (Å²) in [6.07, 6.45) is 0.681. The molecule has 6 heteroatoms. The molecule has 0 spiro atoms. The van der Waals surface area contributed by atoms with Gasteiger partial charge in [-0.3, -0.25) is 9.67 Å². The molecule has 16 heavy (non-hydrogen) atoms. The Balaban J connectivity index is 2.71. The highest BCUT2D eigenvalue weighted by atomic mass is 35.5. The Morgan fingerprint density at radius 3 is 3.00 bits per heavy atom. The van der Waals surface area contributed by atoms with Crippen LogP contribution in [0.2, 0.25) is 5.02 Å². The van der Waals surface area contributed by atoms with Gasteiger partial charge in [0.2, 0.25) is 0 Å². The molecule has 0 fully saturated rings. The maximum absolute atomic E-state index is 13.2. The minimum Gasteiger partial charge on any atom is -0.271 e. The quantitative estimate of drug-likeness (QED) is 0.838. The summed E-state index contributed by atoms with van der Waals surface area (Å²) < 4.78 is 15.2. The fourth-order valence-electron chi connectivity index (χ4n) is 1.47. The molecule has 0 amide bonds. The van der Waals surface area contributed by atoms with Crippen LogP contribution in [-0.2, 0) is 6.42 Å². The van der Waals surface area contributed by atoms with Gasteiger partial charge in [0.15, 0.2) is 4.77 Å². The molecule has 0 aliphatic heterocycles. The number of aryl methyl sites for hydroxylation is 1. The van der Waals surface area contributed by atoms with E-state index in [9.17, 15) is 4.39 Å². The first-order valence-electron chi connectivity index (χ1n) is 4.75. The van der Waals surface area contributed by atoms with Gasteiger partial charge in [0.1, 0.15) is 11.6 Å². The van der Waals surface area contributed by atoms with Crippen molar-refractivity contribution in [2.45, 2.75) is 13.3 Å². The van der Waals surface area contributed by atoms with E-state index in [1.807, 2.05) is 6.92 Å². The molecular formula is C10H9ClFN3S. The van der Waals surface area contributed by atoms with Crippen LogP contribution in [0.25, 0.3) is 5.69 Å². The molecule has 1 aromatic carbocycles. The molecule has 3 nitrogen and oxygen atoms in total. The van der Waals surface area contributed by atoms with Crippen molar-refractivity contribution in [3.8, 4) is 5.69 Å². The summed E-state index contributed by atoms with van der Waals surface area (Å²) >= 11 is 11.1. The van der Waals surface area contributed by atoms with Crippen molar-refractivity contribution < 1.29 is 4.39 Å². The van der Waals surface area contributed by atoms with Crippen LogP contribution < -0.4 is 0 Å². The summed E-state index contributed by atoms with van der Waals surface area (Å²) in [5, 5.41) is 7.15. The fourth-order valence-corrected chi connectivity index (χ4v) is 1.92. The Morgan fingerprint density at radius 2 is 2.31 bits per heavy atom. The van der Waals surface area contributed by atoms with Gasteiger partial charge in [0, 0.05) is 6.42 Å². The third-order valence-corrected chi connectivity index (χ3v) is 2.80. The summed E-state index contributed by atoms with van der Waals surface area (Å²) in [6, 6.07) is 4.15. The van der Waals surface area contributed by atoms with E-state index >= 15 is 0 Å². The van der Waals surface area contributed by atoms with Crippen LogP contribution in [-0.4, -0.2) is 14.8 Å². The third-order valence-electron chi connectivity index (χ3n) is 2.21. The first-order valence-corrected chi connectivity index (χ1v) is 5.54. The highest BCUT2D eigenvalue weighted by molar-refractivity contribution is 7.71. The lowest BCUT2D eigenvalue weighted by atomic mass is 10.3. The molecule has 0 radical (unpaired) electrons. The van der Waals surface area contributed by atoms with Crippen LogP contribution in [0, 0.1) is 10.6 Å². The molecule has 0 saturated heterocycles. The molecule has 1 N–H and O–H groups in total. The molecule has 0 saturated carbocycles. The predicted octanol–water partition coefficient (Wildman–Crippen LogP) is 3.28. The van der Waals surface area contributed by atoms with Crippen LogP contribution in [0.15, 0.2) is 18.2 Å². The van der Waals surface area contributed by atoms with Gasteiger partial charge in [-0.15, -0.1) is 0 Å². The maximum Gasteiger partial charge on any atom is 0.199 e. The highest BCUT2D eigenvalue weighted by Crippen LogP contribution is 2.22. The van der Waals surface area contributed by atoms with Crippen LogP contribution in [0.1, 0.15) is 12.7 Å². The van der Waals surface area contributed by atoms with Gasteiger partial charge in [0.05, 0.1) is 10.7 Å². The zero-order chi connectivity index (χ0) is 11.7. The Kier molecular flexibility index (Phi) is 3.07. The van der Waals surface area contributed by atoms with Gasteiger partial charge < -0.3 is 0 Å². The van der Waals surface area contributed by atoms with E-state index in [2.05, 4.69) is 10.2 Å². The van der Waals surface area contributed by atoms with E-state index in [1.165, 1.54) is 18.2 Å². The maximum atomic E-state index is 13.2. The van der Waals surface area contributed by atoms with Crippen molar-refractivity contribution in [1.82, 2.24) is 14.8 Å². The van der Waals surface area contributed by atoms with Crippen molar-refractivity contribution in [2.75, 3.05) is 0 Å². The third kappa shape index (κ3) is 1.88. The summed E-state index contributed by atoms with van der Waals surface area (Å²) in [7, 11) is 0. The van der Waals surface area contributed by atoms with Crippen LogP contribution in [0.5, 0.6) is 0 Å². The van der Waals surface area contributed by atoms with Gasteiger partial charge in [-0.2, -0.15) is 5.10 Å². The summed E-state index contributed by atoms with van der Waals surface area (Å²) in [4.78, 5) is 0. The SMILES string of the molecule is CCc1n[nH]c(=S)n1-c1cc(F)ccc1Cl. The second-order valence-corrected chi connectivity index (χ2v) is 4.02. The van der Waals surface area contributed by atoms with E-state index in [-0.39, 0.29) is 5.82 Å². The lowest BCUT2D eigenvalue weighted by molar-refractivity contribution is 0.626. The molecule has 84 valence electrons. The Morgan fingerprint density at radius 1 is 1.56 bits per heavy atom. The molecule has 1 aromatic heterocycles. The second-order valence-electron chi connectivity index (χ2n) is 3.23. The Bertz CT molecular complexity index is 576. The van der Waals surface area contributed by atoms with Crippen molar-refractivity contribution in [2.24, 2.45) is 0 Å². The largest absolute Gasteiger partial charge is 0.271 e. The van der Waals surface area contributed by atoms with E-state index in [4.69, 9.17) is 23.8 Å². The molecule has 1 heterocycles. The number of benzene rings is 1. The standard InChI is InChI=1S/C10H9ClFN3S/c1-2-9-13-14-10(16)15(9)8-5-6(12)3-4-7(8)11/h3-5H,2H2,1H3,(H,14,16). The molecule has 0 aliphatic rings. The first-order chi connectivity index (χ1) is 7.63. The zero-order valence-corrected chi connectivity index (χ0v) is 10.1. The number of halogens is 2. The van der Waals surface area contributed by atoms with E-state index in [0.717, 1.165) is 5.82 Å². The van der Waals surface area contributed by atoms with Crippen molar-refractivity contribution >= 4 is 23.8 Å². The topological polar surface area (TPSA) is 33.6 Å². The molecule has 0 bridgehead atoms. The molecule has 0 atom stereocenters. The van der Waals surface area contributed by atoms with Gasteiger partial charge in [-0.05, 0) is 30.4 Å². The fraction of sp³-hybridized carbons (Fsp3) is 0.200. The number of hydrogen-bond donors (Lipinski definition) is 1. The summed E-state index contributed by atoms with van der Waals surface area (Å²) in [5.74, 6) is 0.363.